The summed E-state index contributed by atoms with van der Waals surface area (Å²) in [7, 11) is 2.15. The lowest BCUT2D eigenvalue weighted by atomic mass is 10.0. The maximum Gasteiger partial charge on any atom is 0.0991 e. The first-order valence-corrected chi connectivity index (χ1v) is 6.53. The molecule has 1 aliphatic rings. The highest BCUT2D eigenvalue weighted by Crippen LogP contribution is 2.15. The number of nitriles is 1. The Morgan fingerprint density at radius 1 is 1.39 bits per heavy atom. The van der Waals surface area contributed by atoms with Crippen LogP contribution in [0.2, 0.25) is 0 Å². The van der Waals surface area contributed by atoms with Gasteiger partial charge in [0, 0.05) is 19.7 Å². The smallest absolute Gasteiger partial charge is 0.0991 e. The van der Waals surface area contributed by atoms with E-state index in [0.717, 1.165) is 31.9 Å². The lowest BCUT2D eigenvalue weighted by molar-refractivity contribution is 0.0411. The second-order valence-corrected chi connectivity index (χ2v) is 5.09. The van der Waals surface area contributed by atoms with Crippen molar-refractivity contribution in [2.45, 2.75) is 19.4 Å². The van der Waals surface area contributed by atoms with E-state index in [1.165, 1.54) is 18.4 Å². The first-order chi connectivity index (χ1) is 8.78. The van der Waals surface area contributed by atoms with Crippen molar-refractivity contribution in [2.75, 3.05) is 26.8 Å². The lowest BCUT2D eigenvalue weighted by Crippen LogP contribution is -2.30. The molecule has 1 unspecified atom stereocenters. The fourth-order valence-corrected chi connectivity index (χ4v) is 2.45. The Morgan fingerprint density at radius 3 is 2.78 bits per heavy atom. The zero-order valence-corrected chi connectivity index (χ0v) is 10.9. The largest absolute Gasteiger partial charge is 0.381 e. The molecule has 1 aliphatic heterocycles. The maximum absolute atomic E-state index is 8.75. The minimum absolute atomic E-state index is 0.669. The van der Waals surface area contributed by atoms with Gasteiger partial charge in [0.05, 0.1) is 18.2 Å². The minimum atomic E-state index is 0.669. The lowest BCUT2D eigenvalue weighted by Gasteiger charge is -2.27. The molecule has 0 N–H and O–H groups in total. The first kappa shape index (κ1) is 13.1. The number of hydrogen-bond donors (Lipinski definition) is 0. The van der Waals surface area contributed by atoms with Crippen LogP contribution in [-0.4, -0.2) is 31.7 Å². The van der Waals surface area contributed by atoms with E-state index in [1.54, 1.807) is 0 Å². The normalized spacial score (nSPS) is 19.7. The van der Waals surface area contributed by atoms with Crippen LogP contribution in [0.15, 0.2) is 24.3 Å². The van der Waals surface area contributed by atoms with E-state index < -0.39 is 0 Å². The van der Waals surface area contributed by atoms with Crippen LogP contribution in [0.4, 0.5) is 0 Å². The highest BCUT2D eigenvalue weighted by molar-refractivity contribution is 5.31. The van der Waals surface area contributed by atoms with E-state index >= 15 is 0 Å². The van der Waals surface area contributed by atoms with Gasteiger partial charge < -0.3 is 9.64 Å². The molecule has 0 bridgehead atoms. The van der Waals surface area contributed by atoms with Crippen LogP contribution in [0.1, 0.15) is 24.0 Å². The van der Waals surface area contributed by atoms with Gasteiger partial charge in [0.1, 0.15) is 0 Å². The van der Waals surface area contributed by atoms with Gasteiger partial charge in [-0.25, -0.2) is 0 Å². The minimum Gasteiger partial charge on any atom is -0.381 e. The molecule has 96 valence electrons. The van der Waals surface area contributed by atoms with Gasteiger partial charge in [-0.3, -0.25) is 0 Å². The fraction of sp³-hybridized carbons (Fsp3) is 0.533. The number of benzene rings is 1. The molecule has 0 spiro atoms. The molecule has 0 aromatic heterocycles. The van der Waals surface area contributed by atoms with Crippen molar-refractivity contribution in [1.29, 1.82) is 5.26 Å². The molecule has 3 heteroatoms. The molecule has 0 radical (unpaired) electrons. The Bertz CT molecular complexity index is 401. The number of nitrogens with zero attached hydrogens (tertiary/aromatic N) is 2. The van der Waals surface area contributed by atoms with Crippen molar-refractivity contribution in [2.24, 2.45) is 5.92 Å². The third-order valence-electron chi connectivity index (χ3n) is 3.36. The van der Waals surface area contributed by atoms with Crippen molar-refractivity contribution < 1.29 is 4.74 Å². The van der Waals surface area contributed by atoms with Gasteiger partial charge in [-0.2, -0.15) is 5.26 Å². The van der Waals surface area contributed by atoms with Crippen LogP contribution in [-0.2, 0) is 11.3 Å². The fourth-order valence-electron chi connectivity index (χ4n) is 2.45. The average molecular weight is 244 g/mol. The average Bonchev–Trinajstić information content (AvgIpc) is 2.40. The van der Waals surface area contributed by atoms with E-state index in [4.69, 9.17) is 10.00 Å². The summed E-state index contributed by atoms with van der Waals surface area (Å²) >= 11 is 0. The van der Waals surface area contributed by atoms with Gasteiger partial charge in [-0.15, -0.1) is 0 Å². The molecule has 1 atom stereocenters. The molecule has 0 saturated carbocycles. The molecular weight excluding hydrogens is 224 g/mol. The molecule has 1 heterocycles. The summed E-state index contributed by atoms with van der Waals surface area (Å²) in [6.45, 7) is 3.84. The van der Waals surface area contributed by atoms with Crippen LogP contribution >= 0.6 is 0 Å². The summed E-state index contributed by atoms with van der Waals surface area (Å²) in [5, 5.41) is 8.75. The quantitative estimate of drug-likeness (QED) is 0.816. The van der Waals surface area contributed by atoms with Crippen LogP contribution in [0.5, 0.6) is 0 Å². The molecule has 2 rings (SSSR count). The predicted molar refractivity (Wildman–Crippen MR) is 71.0 cm³/mol. The third kappa shape index (κ3) is 3.83. The second kappa shape index (κ2) is 6.53. The van der Waals surface area contributed by atoms with E-state index in [-0.39, 0.29) is 0 Å². The van der Waals surface area contributed by atoms with Gasteiger partial charge in [0.2, 0.25) is 0 Å². The molecule has 0 amide bonds. The topological polar surface area (TPSA) is 36.3 Å². The predicted octanol–water partition coefficient (Wildman–Crippen LogP) is 2.42. The summed E-state index contributed by atoms with van der Waals surface area (Å²) < 4.78 is 5.50. The number of rotatable bonds is 4. The van der Waals surface area contributed by atoms with Crippen LogP contribution < -0.4 is 0 Å². The highest BCUT2D eigenvalue weighted by Gasteiger charge is 2.15. The SMILES string of the molecule is CN(Cc1ccc(C#N)cc1)CC1CCCOC1. The van der Waals surface area contributed by atoms with Gasteiger partial charge in [0.15, 0.2) is 0 Å². The molecule has 1 aromatic rings. The van der Waals surface area contributed by atoms with E-state index in [0.29, 0.717) is 5.92 Å². The second-order valence-electron chi connectivity index (χ2n) is 5.09. The third-order valence-corrected chi connectivity index (χ3v) is 3.36. The molecule has 0 aliphatic carbocycles. The Balaban J connectivity index is 1.82. The Labute approximate surface area is 109 Å². The van der Waals surface area contributed by atoms with Crippen molar-refractivity contribution in [3.63, 3.8) is 0 Å². The van der Waals surface area contributed by atoms with Gasteiger partial charge in [-0.1, -0.05) is 12.1 Å². The Kier molecular flexibility index (Phi) is 4.74. The zero-order chi connectivity index (χ0) is 12.8. The standard InChI is InChI=1S/C15H20N2O/c1-17(11-15-3-2-8-18-12-15)10-14-6-4-13(9-16)5-7-14/h4-7,15H,2-3,8,10-12H2,1H3. The van der Waals surface area contributed by atoms with E-state index in [1.807, 2.05) is 24.3 Å². The highest BCUT2D eigenvalue weighted by atomic mass is 16.5. The van der Waals surface area contributed by atoms with Crippen LogP contribution in [0.3, 0.4) is 0 Å². The zero-order valence-electron chi connectivity index (χ0n) is 10.9. The maximum atomic E-state index is 8.75. The summed E-state index contributed by atoms with van der Waals surface area (Å²) in [6, 6.07) is 9.98. The van der Waals surface area contributed by atoms with Gasteiger partial charge in [-0.05, 0) is 43.5 Å². The first-order valence-electron chi connectivity index (χ1n) is 6.53. The Morgan fingerprint density at radius 2 is 2.17 bits per heavy atom. The van der Waals surface area contributed by atoms with Gasteiger partial charge >= 0.3 is 0 Å². The summed E-state index contributed by atoms with van der Waals surface area (Å²) in [6.07, 6.45) is 2.47. The number of ether oxygens (including phenoxy) is 1. The number of hydrogen-bond acceptors (Lipinski definition) is 3. The van der Waals surface area contributed by atoms with Crippen LogP contribution in [0.25, 0.3) is 0 Å². The van der Waals surface area contributed by atoms with Crippen molar-refractivity contribution in [3.8, 4) is 6.07 Å². The molecular formula is C15H20N2O. The van der Waals surface area contributed by atoms with Crippen molar-refractivity contribution in [3.05, 3.63) is 35.4 Å². The Hall–Kier alpha value is -1.37. The molecule has 18 heavy (non-hydrogen) atoms. The van der Waals surface area contributed by atoms with Gasteiger partial charge in [0.25, 0.3) is 0 Å². The molecule has 1 saturated heterocycles. The monoisotopic (exact) mass is 244 g/mol. The summed E-state index contributed by atoms with van der Waals surface area (Å²) in [4.78, 5) is 2.33. The van der Waals surface area contributed by atoms with Crippen LogP contribution in [0, 0.1) is 17.2 Å². The molecule has 1 fully saturated rings. The summed E-state index contributed by atoms with van der Waals surface area (Å²) in [5.41, 5.74) is 1.98. The van der Waals surface area contributed by atoms with E-state index in [9.17, 15) is 0 Å². The van der Waals surface area contributed by atoms with E-state index in [2.05, 4.69) is 18.0 Å². The molecule has 1 aromatic carbocycles. The van der Waals surface area contributed by atoms with Crippen molar-refractivity contribution >= 4 is 0 Å². The summed E-state index contributed by atoms with van der Waals surface area (Å²) in [5.74, 6) is 0.669. The van der Waals surface area contributed by atoms with Crippen molar-refractivity contribution in [1.82, 2.24) is 4.90 Å². The molecule has 3 nitrogen and oxygen atoms in total.